The average Bonchev–Trinajstić information content (AvgIpc) is 3.22. The lowest BCUT2D eigenvalue weighted by molar-refractivity contribution is -0.132. The van der Waals surface area contributed by atoms with Crippen LogP contribution in [0.3, 0.4) is 0 Å². The molecule has 0 aromatic heterocycles. The molecule has 0 radical (unpaired) electrons. The van der Waals surface area contributed by atoms with Crippen molar-refractivity contribution in [2.75, 3.05) is 48.5 Å². The summed E-state index contributed by atoms with van der Waals surface area (Å²) >= 11 is 0. The average molecular weight is 528 g/mol. The summed E-state index contributed by atoms with van der Waals surface area (Å²) in [5.74, 6) is -1.03. The van der Waals surface area contributed by atoms with Crippen molar-refractivity contribution in [2.45, 2.75) is 33.2 Å². The first-order chi connectivity index (χ1) is 18.8. The van der Waals surface area contributed by atoms with Gasteiger partial charge in [-0.1, -0.05) is 31.2 Å². The minimum atomic E-state index is -0.791. The van der Waals surface area contributed by atoms with Crippen LogP contribution in [-0.2, 0) is 9.59 Å². The van der Waals surface area contributed by atoms with Crippen molar-refractivity contribution in [3.05, 3.63) is 89.5 Å². The van der Waals surface area contributed by atoms with Gasteiger partial charge in [0.2, 0.25) is 0 Å². The maximum Gasteiger partial charge on any atom is 0.300 e. The number of carbonyl (C=O) groups excluding carboxylic acids is 2. The molecule has 0 bridgehead atoms. The van der Waals surface area contributed by atoms with Crippen LogP contribution in [-0.4, -0.2) is 50.6 Å². The monoisotopic (exact) mass is 527 g/mol. The van der Waals surface area contributed by atoms with Crippen molar-refractivity contribution in [1.82, 2.24) is 0 Å². The van der Waals surface area contributed by atoms with Gasteiger partial charge in [0.1, 0.15) is 11.5 Å². The first kappa shape index (κ1) is 27.8. The molecule has 1 heterocycles. The van der Waals surface area contributed by atoms with Gasteiger partial charge in [0.05, 0.1) is 18.2 Å². The van der Waals surface area contributed by atoms with E-state index >= 15 is 0 Å². The molecule has 3 aromatic rings. The zero-order valence-electron chi connectivity index (χ0n) is 23.3. The van der Waals surface area contributed by atoms with Crippen molar-refractivity contribution in [3.63, 3.8) is 0 Å². The van der Waals surface area contributed by atoms with Crippen LogP contribution >= 0.6 is 0 Å². The molecule has 0 spiro atoms. The van der Waals surface area contributed by atoms with E-state index in [4.69, 9.17) is 4.74 Å². The molecule has 39 heavy (non-hydrogen) atoms. The number of amides is 1. The number of ether oxygens (including phenoxy) is 1. The summed E-state index contributed by atoms with van der Waals surface area (Å²) < 4.78 is 5.74. The molecule has 0 aliphatic carbocycles. The van der Waals surface area contributed by atoms with E-state index in [9.17, 15) is 14.7 Å². The summed E-state index contributed by atoms with van der Waals surface area (Å²) in [5, 5.41) is 11.5. The number of aliphatic hydroxyl groups is 1. The molecule has 1 aliphatic rings. The molecule has 7 nitrogen and oxygen atoms in total. The maximum absolute atomic E-state index is 13.5. The molecular weight excluding hydrogens is 490 g/mol. The highest BCUT2D eigenvalue weighted by molar-refractivity contribution is 6.51. The van der Waals surface area contributed by atoms with Gasteiger partial charge in [0.25, 0.3) is 11.7 Å². The van der Waals surface area contributed by atoms with Crippen LogP contribution in [0.2, 0.25) is 0 Å². The number of rotatable bonds is 10. The molecule has 1 fully saturated rings. The Bertz CT molecular complexity index is 1340. The molecular formula is C32H37N3O4. The lowest BCUT2D eigenvalue weighted by Crippen LogP contribution is -2.29. The van der Waals surface area contributed by atoms with E-state index < -0.39 is 17.7 Å². The van der Waals surface area contributed by atoms with Gasteiger partial charge in [-0.05, 0) is 74.4 Å². The summed E-state index contributed by atoms with van der Waals surface area (Å²) in [4.78, 5) is 32.7. The highest BCUT2D eigenvalue weighted by Crippen LogP contribution is 2.43. The van der Waals surface area contributed by atoms with Crippen LogP contribution in [0.1, 0.15) is 44.4 Å². The lowest BCUT2D eigenvalue weighted by atomic mass is 9.94. The smallest absolute Gasteiger partial charge is 0.300 e. The van der Waals surface area contributed by atoms with E-state index in [1.165, 1.54) is 4.90 Å². The Morgan fingerprint density at radius 3 is 2.13 bits per heavy atom. The van der Waals surface area contributed by atoms with E-state index in [-0.39, 0.29) is 11.3 Å². The third-order valence-corrected chi connectivity index (χ3v) is 7.01. The fraction of sp³-hybridized carbons (Fsp3) is 0.312. The van der Waals surface area contributed by atoms with Crippen molar-refractivity contribution in [3.8, 4) is 5.75 Å². The standard InChI is InChI=1S/C32H37N3O4/c1-6-20-39-27-11-9-10-23(21-27)30(36)28-29(22-12-14-25(15-13-22)34(7-2)8-3)35(32(38)31(28)37)26-18-16-24(17-19-26)33(4)5/h9-19,21,29,36H,6-8,20H2,1-5H3/b30-28+. The number of carbonyl (C=O) groups is 2. The number of anilines is 3. The number of Topliss-reactive ketones (excluding diaryl/α,β-unsaturated/α-hetero) is 1. The SMILES string of the molecule is CCCOc1cccc(/C(O)=C2\C(=O)C(=O)N(c3ccc(N(C)C)cc3)C2c2ccc(N(CC)CC)cc2)c1. The highest BCUT2D eigenvalue weighted by atomic mass is 16.5. The number of benzene rings is 3. The molecule has 1 N–H and O–H groups in total. The molecule has 4 rings (SSSR count). The Labute approximate surface area is 230 Å². The summed E-state index contributed by atoms with van der Waals surface area (Å²) in [6.45, 7) is 8.48. The first-order valence-corrected chi connectivity index (χ1v) is 13.5. The molecule has 7 heteroatoms. The second-order valence-electron chi connectivity index (χ2n) is 9.72. The van der Waals surface area contributed by atoms with Gasteiger partial charge in [0, 0.05) is 49.8 Å². The number of ketones is 1. The van der Waals surface area contributed by atoms with Crippen LogP contribution < -0.4 is 19.4 Å². The normalized spacial score (nSPS) is 16.4. The fourth-order valence-corrected chi connectivity index (χ4v) is 4.89. The quantitative estimate of drug-likeness (QED) is 0.198. The second-order valence-corrected chi connectivity index (χ2v) is 9.72. The Morgan fingerprint density at radius 2 is 1.54 bits per heavy atom. The van der Waals surface area contributed by atoms with Crippen molar-refractivity contribution >= 4 is 34.5 Å². The van der Waals surface area contributed by atoms with E-state index in [1.54, 1.807) is 24.3 Å². The Balaban J connectivity index is 1.86. The van der Waals surface area contributed by atoms with Crippen molar-refractivity contribution < 1.29 is 19.4 Å². The maximum atomic E-state index is 13.5. The number of hydrogen-bond acceptors (Lipinski definition) is 6. The summed E-state index contributed by atoms with van der Waals surface area (Å²) in [6, 6.07) is 21.5. The molecule has 1 unspecified atom stereocenters. The minimum absolute atomic E-state index is 0.0555. The molecule has 1 amide bonds. The van der Waals surface area contributed by atoms with E-state index in [0.717, 1.165) is 36.4 Å². The fourth-order valence-electron chi connectivity index (χ4n) is 4.89. The minimum Gasteiger partial charge on any atom is -0.507 e. The molecule has 1 atom stereocenters. The van der Waals surface area contributed by atoms with Gasteiger partial charge in [-0.25, -0.2) is 0 Å². The van der Waals surface area contributed by atoms with Crippen LogP contribution in [0.4, 0.5) is 17.1 Å². The van der Waals surface area contributed by atoms with E-state index in [1.807, 2.05) is 74.4 Å². The number of nitrogens with zero attached hydrogens (tertiary/aromatic N) is 3. The first-order valence-electron chi connectivity index (χ1n) is 13.5. The topological polar surface area (TPSA) is 73.3 Å². The molecule has 204 valence electrons. The molecule has 0 saturated carbocycles. The lowest BCUT2D eigenvalue weighted by Gasteiger charge is -2.27. The van der Waals surface area contributed by atoms with Crippen LogP contribution in [0.5, 0.6) is 5.75 Å². The summed E-state index contributed by atoms with van der Waals surface area (Å²) in [6.07, 6.45) is 0.845. The predicted molar refractivity (Wildman–Crippen MR) is 158 cm³/mol. The number of hydrogen-bond donors (Lipinski definition) is 1. The predicted octanol–water partition coefficient (Wildman–Crippen LogP) is 6.01. The molecule has 1 saturated heterocycles. The molecule has 1 aliphatic heterocycles. The largest absolute Gasteiger partial charge is 0.507 e. The van der Waals surface area contributed by atoms with Gasteiger partial charge >= 0.3 is 0 Å². The Hall–Kier alpha value is -4.26. The zero-order chi connectivity index (χ0) is 28.1. The number of aliphatic hydroxyl groups excluding tert-OH is 1. The highest BCUT2D eigenvalue weighted by Gasteiger charge is 2.47. The Morgan fingerprint density at radius 1 is 0.897 bits per heavy atom. The van der Waals surface area contributed by atoms with Crippen LogP contribution in [0.25, 0.3) is 5.76 Å². The van der Waals surface area contributed by atoms with Crippen LogP contribution in [0.15, 0.2) is 78.4 Å². The van der Waals surface area contributed by atoms with Crippen molar-refractivity contribution in [1.29, 1.82) is 0 Å². The van der Waals surface area contributed by atoms with Gasteiger partial charge in [-0.15, -0.1) is 0 Å². The Kier molecular flexibility index (Phi) is 8.59. The zero-order valence-corrected chi connectivity index (χ0v) is 23.3. The second kappa shape index (κ2) is 12.1. The van der Waals surface area contributed by atoms with Crippen LogP contribution in [0, 0.1) is 0 Å². The molecule has 3 aromatic carbocycles. The van der Waals surface area contributed by atoms with Gasteiger partial charge in [-0.3, -0.25) is 14.5 Å². The third kappa shape index (κ3) is 5.62. The van der Waals surface area contributed by atoms with Gasteiger partial charge in [0.15, 0.2) is 0 Å². The van der Waals surface area contributed by atoms with E-state index in [2.05, 4.69) is 18.7 Å². The summed E-state index contributed by atoms with van der Waals surface area (Å²) in [7, 11) is 3.88. The van der Waals surface area contributed by atoms with Gasteiger partial charge < -0.3 is 19.6 Å². The summed E-state index contributed by atoms with van der Waals surface area (Å²) in [5.41, 5.74) is 3.83. The van der Waals surface area contributed by atoms with E-state index in [0.29, 0.717) is 23.6 Å². The van der Waals surface area contributed by atoms with Gasteiger partial charge in [-0.2, -0.15) is 0 Å². The third-order valence-electron chi connectivity index (χ3n) is 7.01. The van der Waals surface area contributed by atoms with Crippen molar-refractivity contribution in [2.24, 2.45) is 0 Å².